The van der Waals surface area contributed by atoms with E-state index in [1.807, 2.05) is 18.1 Å². The first kappa shape index (κ1) is 23.0. The summed E-state index contributed by atoms with van der Waals surface area (Å²) in [6.07, 6.45) is -0.0748. The quantitative estimate of drug-likeness (QED) is 0.441. The summed E-state index contributed by atoms with van der Waals surface area (Å²) in [5.41, 5.74) is 0.584. The number of fused-ring (bicyclic) bond motifs is 1. The molecule has 0 saturated carbocycles. The van der Waals surface area contributed by atoms with Gasteiger partial charge in [-0.15, -0.1) is 0 Å². The Morgan fingerprint density at radius 2 is 1.94 bits per heavy atom. The van der Waals surface area contributed by atoms with Crippen molar-refractivity contribution >= 4 is 16.7 Å². The van der Waals surface area contributed by atoms with Crippen LogP contribution in [0.3, 0.4) is 0 Å². The van der Waals surface area contributed by atoms with Gasteiger partial charge < -0.3 is 9.64 Å². The Bertz CT molecular complexity index is 1460. The zero-order chi connectivity index (χ0) is 24.9. The van der Waals surface area contributed by atoms with Crippen LogP contribution in [-0.4, -0.2) is 49.0 Å². The Labute approximate surface area is 197 Å². The summed E-state index contributed by atoms with van der Waals surface area (Å²) in [5.74, 6) is 0.966. The van der Waals surface area contributed by atoms with Gasteiger partial charge in [0.25, 0.3) is 5.56 Å². The number of anilines is 1. The van der Waals surface area contributed by atoms with Crippen LogP contribution in [0.5, 0.6) is 0 Å². The summed E-state index contributed by atoms with van der Waals surface area (Å²) in [6.45, 7) is 3.11. The van der Waals surface area contributed by atoms with Crippen molar-refractivity contribution in [3.05, 3.63) is 64.2 Å². The van der Waals surface area contributed by atoms with Crippen LogP contribution in [0.4, 0.5) is 19.0 Å². The number of morpholine rings is 1. The largest absolute Gasteiger partial charge is 0.433 e. The number of rotatable bonds is 3. The third kappa shape index (κ3) is 4.25. The lowest BCUT2D eigenvalue weighted by atomic mass is 10.1. The third-order valence-corrected chi connectivity index (χ3v) is 6.09. The first-order chi connectivity index (χ1) is 16.6. The average Bonchev–Trinajstić information content (AvgIpc) is 3.28. The van der Waals surface area contributed by atoms with Gasteiger partial charge in [0.2, 0.25) is 0 Å². The molecule has 0 amide bonds. The Morgan fingerprint density at radius 3 is 2.60 bits per heavy atom. The molecule has 1 atom stereocenters. The van der Waals surface area contributed by atoms with Gasteiger partial charge in [-0.05, 0) is 25.1 Å². The standard InChI is InChI=1S/C23H22F3N7O2/c1-13-29-21-16(22(34)32(13)3)8-19(30-20(21)14-4-5-18(27-9-14)23(24,25)26)33-6-7-35-17(12-33)15-10-28-31(2)11-15/h4-5,8-11,17H,6-7,12H2,1-3H3. The molecule has 0 bridgehead atoms. The first-order valence-corrected chi connectivity index (χ1v) is 10.9. The minimum absolute atomic E-state index is 0.245. The van der Waals surface area contributed by atoms with Crippen LogP contribution in [0.15, 0.2) is 41.6 Å². The summed E-state index contributed by atoms with van der Waals surface area (Å²) < 4.78 is 48.2. The predicted octanol–water partition coefficient (Wildman–Crippen LogP) is 3.03. The predicted molar refractivity (Wildman–Crippen MR) is 122 cm³/mol. The van der Waals surface area contributed by atoms with Crippen LogP contribution in [-0.2, 0) is 25.0 Å². The van der Waals surface area contributed by atoms with Crippen molar-refractivity contribution in [1.29, 1.82) is 0 Å². The van der Waals surface area contributed by atoms with Gasteiger partial charge in [-0.1, -0.05) is 0 Å². The molecule has 9 nitrogen and oxygen atoms in total. The zero-order valence-corrected chi connectivity index (χ0v) is 19.2. The lowest BCUT2D eigenvalue weighted by molar-refractivity contribution is -0.141. The molecule has 1 aliphatic heterocycles. The molecule has 0 N–H and O–H groups in total. The molecule has 1 fully saturated rings. The van der Waals surface area contributed by atoms with E-state index < -0.39 is 11.9 Å². The molecule has 182 valence electrons. The van der Waals surface area contributed by atoms with Gasteiger partial charge in [-0.3, -0.25) is 19.0 Å². The van der Waals surface area contributed by atoms with E-state index in [9.17, 15) is 18.0 Å². The molecule has 5 rings (SSSR count). The van der Waals surface area contributed by atoms with E-state index in [0.29, 0.717) is 53.5 Å². The maximum atomic E-state index is 13.1. The van der Waals surface area contributed by atoms with Crippen molar-refractivity contribution < 1.29 is 17.9 Å². The van der Waals surface area contributed by atoms with Crippen LogP contribution >= 0.6 is 0 Å². The molecule has 4 aromatic rings. The van der Waals surface area contributed by atoms with Crippen LogP contribution in [0, 0.1) is 6.92 Å². The van der Waals surface area contributed by atoms with Crippen LogP contribution in [0.1, 0.15) is 23.2 Å². The summed E-state index contributed by atoms with van der Waals surface area (Å²) in [4.78, 5) is 28.0. The monoisotopic (exact) mass is 485 g/mol. The van der Waals surface area contributed by atoms with Crippen molar-refractivity contribution in [2.75, 3.05) is 24.6 Å². The van der Waals surface area contributed by atoms with Crippen molar-refractivity contribution in [3.63, 3.8) is 0 Å². The lowest BCUT2D eigenvalue weighted by Crippen LogP contribution is -2.39. The highest BCUT2D eigenvalue weighted by molar-refractivity contribution is 5.92. The minimum atomic E-state index is -4.56. The first-order valence-electron chi connectivity index (χ1n) is 10.9. The smallest absolute Gasteiger partial charge is 0.370 e. The van der Waals surface area contributed by atoms with Gasteiger partial charge in [-0.25, -0.2) is 9.97 Å². The number of aromatic nitrogens is 6. The molecule has 0 radical (unpaired) electrons. The molecule has 1 aliphatic rings. The molecule has 5 heterocycles. The Morgan fingerprint density at radius 1 is 1.14 bits per heavy atom. The second kappa shape index (κ2) is 8.45. The maximum absolute atomic E-state index is 13.1. The summed E-state index contributed by atoms with van der Waals surface area (Å²) in [5, 5.41) is 4.52. The molecule has 1 unspecified atom stereocenters. The lowest BCUT2D eigenvalue weighted by Gasteiger charge is -2.33. The highest BCUT2D eigenvalue weighted by Gasteiger charge is 2.32. The van der Waals surface area contributed by atoms with Crippen molar-refractivity contribution in [1.82, 2.24) is 29.3 Å². The van der Waals surface area contributed by atoms with Crippen molar-refractivity contribution in [3.8, 4) is 11.3 Å². The Kier molecular flexibility index (Phi) is 5.55. The number of hydrogen-bond acceptors (Lipinski definition) is 7. The van der Waals surface area contributed by atoms with Crippen LogP contribution < -0.4 is 10.5 Å². The van der Waals surface area contributed by atoms with Crippen LogP contribution in [0.25, 0.3) is 22.2 Å². The van der Waals surface area contributed by atoms with Crippen LogP contribution in [0.2, 0.25) is 0 Å². The van der Waals surface area contributed by atoms with E-state index >= 15 is 0 Å². The number of halogens is 3. The maximum Gasteiger partial charge on any atom is 0.433 e. The highest BCUT2D eigenvalue weighted by Crippen LogP contribution is 2.33. The third-order valence-electron chi connectivity index (χ3n) is 6.09. The fourth-order valence-electron chi connectivity index (χ4n) is 4.10. The molecule has 35 heavy (non-hydrogen) atoms. The molecule has 4 aromatic heterocycles. The highest BCUT2D eigenvalue weighted by atomic mass is 19.4. The van der Waals surface area contributed by atoms with Gasteiger partial charge in [0.05, 0.1) is 18.2 Å². The minimum Gasteiger partial charge on any atom is -0.370 e. The summed E-state index contributed by atoms with van der Waals surface area (Å²) in [6, 6.07) is 3.88. The zero-order valence-electron chi connectivity index (χ0n) is 19.2. The molecular weight excluding hydrogens is 463 g/mol. The SMILES string of the molecule is Cc1nc2c(-c3ccc(C(F)(F)F)nc3)nc(N3CCOC(c4cnn(C)c4)C3)cc2c(=O)n1C. The summed E-state index contributed by atoms with van der Waals surface area (Å²) >= 11 is 0. The van der Waals surface area contributed by atoms with E-state index in [4.69, 9.17) is 9.72 Å². The second-order valence-corrected chi connectivity index (χ2v) is 8.43. The van der Waals surface area contributed by atoms with Gasteiger partial charge in [0.15, 0.2) is 0 Å². The number of aryl methyl sites for hydroxylation is 2. The topological polar surface area (TPSA) is 91.0 Å². The molecule has 12 heteroatoms. The normalized spacial score (nSPS) is 16.7. The fraction of sp³-hybridized carbons (Fsp3) is 0.348. The average molecular weight is 485 g/mol. The molecule has 1 saturated heterocycles. The van der Waals surface area contributed by atoms with E-state index in [2.05, 4.69) is 15.1 Å². The molecule has 0 spiro atoms. The van der Waals surface area contributed by atoms with Crippen molar-refractivity contribution in [2.24, 2.45) is 14.1 Å². The van der Waals surface area contributed by atoms with E-state index in [1.165, 1.54) is 10.6 Å². The summed E-state index contributed by atoms with van der Waals surface area (Å²) in [7, 11) is 3.45. The molecular formula is C23H22F3N7O2. The van der Waals surface area contributed by atoms with E-state index in [-0.39, 0.29) is 11.7 Å². The Balaban J connectivity index is 1.63. The van der Waals surface area contributed by atoms with Gasteiger partial charge in [-0.2, -0.15) is 18.3 Å². The van der Waals surface area contributed by atoms with E-state index in [1.54, 1.807) is 30.9 Å². The van der Waals surface area contributed by atoms with Gasteiger partial charge in [0, 0.05) is 50.7 Å². The number of nitrogens with zero attached hydrogens (tertiary/aromatic N) is 7. The number of alkyl halides is 3. The van der Waals surface area contributed by atoms with E-state index in [0.717, 1.165) is 17.8 Å². The second-order valence-electron chi connectivity index (χ2n) is 8.43. The van der Waals surface area contributed by atoms with Gasteiger partial charge >= 0.3 is 6.18 Å². The Hall–Kier alpha value is -3.80. The number of ether oxygens (including phenoxy) is 1. The molecule has 0 aromatic carbocycles. The van der Waals surface area contributed by atoms with Gasteiger partial charge in [0.1, 0.15) is 34.7 Å². The molecule has 0 aliphatic carbocycles. The van der Waals surface area contributed by atoms with Crippen molar-refractivity contribution in [2.45, 2.75) is 19.2 Å². The number of pyridine rings is 2. The number of hydrogen-bond donors (Lipinski definition) is 0. The fourth-order valence-corrected chi connectivity index (χ4v) is 4.10.